The van der Waals surface area contributed by atoms with Crippen molar-refractivity contribution in [2.45, 2.75) is 33.1 Å². The molecule has 1 fully saturated rings. The molecule has 0 saturated carbocycles. The zero-order chi connectivity index (χ0) is 10.6. The Balaban J connectivity index is 2.55. The Hall–Kier alpha value is -1.04. The van der Waals surface area contributed by atoms with Gasteiger partial charge in [-0.05, 0) is 25.2 Å². The van der Waals surface area contributed by atoms with Crippen LogP contribution in [-0.2, 0) is 4.79 Å². The number of carbonyl (C=O) groups excluding carboxylic acids is 1. The molecule has 3 nitrogen and oxygen atoms in total. The van der Waals surface area contributed by atoms with E-state index in [1.807, 2.05) is 11.8 Å². The van der Waals surface area contributed by atoms with E-state index >= 15 is 0 Å². The van der Waals surface area contributed by atoms with Gasteiger partial charge in [-0.1, -0.05) is 6.92 Å². The molecule has 0 radical (unpaired) electrons. The first-order chi connectivity index (χ1) is 6.69. The molecule has 14 heavy (non-hydrogen) atoms. The van der Waals surface area contributed by atoms with Gasteiger partial charge in [0.1, 0.15) is 0 Å². The van der Waals surface area contributed by atoms with Gasteiger partial charge in [-0.25, -0.2) is 0 Å². The van der Waals surface area contributed by atoms with E-state index in [9.17, 15) is 4.79 Å². The van der Waals surface area contributed by atoms with Crippen molar-refractivity contribution >= 4 is 5.91 Å². The Morgan fingerprint density at radius 2 is 2.43 bits per heavy atom. The van der Waals surface area contributed by atoms with Crippen LogP contribution in [0, 0.1) is 23.2 Å². The second-order valence-corrected chi connectivity index (χ2v) is 4.01. The first kappa shape index (κ1) is 11.0. The average Bonchev–Trinajstić information content (AvgIpc) is 2.20. The third kappa shape index (κ3) is 2.47. The molecule has 1 aliphatic rings. The maximum atomic E-state index is 11.2. The molecular weight excluding hydrogens is 176 g/mol. The number of hydrogen-bond acceptors (Lipinski definition) is 2. The highest BCUT2D eigenvalue weighted by molar-refractivity contribution is 5.73. The average molecular weight is 194 g/mol. The molecule has 0 aromatic heterocycles. The molecule has 1 aliphatic heterocycles. The number of carbonyl (C=O) groups is 1. The molecule has 1 rings (SSSR count). The van der Waals surface area contributed by atoms with Crippen molar-refractivity contribution in [1.82, 2.24) is 4.90 Å². The lowest BCUT2D eigenvalue weighted by molar-refractivity contribution is -0.130. The van der Waals surface area contributed by atoms with Gasteiger partial charge in [0.05, 0.1) is 12.0 Å². The van der Waals surface area contributed by atoms with Crippen molar-refractivity contribution in [2.75, 3.05) is 13.1 Å². The standard InChI is InChI=1S/C11H18N2O/c1-3-10(7-12)11-5-4-6-13(8-11)9(2)14/h10-11H,3-6,8H2,1-2H3. The van der Waals surface area contributed by atoms with Crippen LogP contribution in [-0.4, -0.2) is 23.9 Å². The van der Waals surface area contributed by atoms with Crippen LogP contribution in [0.15, 0.2) is 0 Å². The van der Waals surface area contributed by atoms with Crippen LogP contribution < -0.4 is 0 Å². The van der Waals surface area contributed by atoms with E-state index in [4.69, 9.17) is 5.26 Å². The van der Waals surface area contributed by atoms with E-state index in [0.29, 0.717) is 5.92 Å². The molecular formula is C11H18N2O. The van der Waals surface area contributed by atoms with Crippen molar-refractivity contribution in [3.8, 4) is 6.07 Å². The lowest BCUT2D eigenvalue weighted by Crippen LogP contribution is -2.40. The van der Waals surface area contributed by atoms with Crippen LogP contribution in [0.5, 0.6) is 0 Å². The molecule has 0 N–H and O–H groups in total. The Morgan fingerprint density at radius 1 is 1.71 bits per heavy atom. The number of amides is 1. The van der Waals surface area contributed by atoms with Crippen LogP contribution in [0.2, 0.25) is 0 Å². The Labute approximate surface area is 85.7 Å². The number of likely N-dealkylation sites (tertiary alicyclic amines) is 1. The summed E-state index contributed by atoms with van der Waals surface area (Å²) in [6.45, 7) is 5.30. The minimum absolute atomic E-state index is 0.122. The summed E-state index contributed by atoms with van der Waals surface area (Å²) >= 11 is 0. The molecule has 1 amide bonds. The minimum atomic E-state index is 0.122. The van der Waals surface area contributed by atoms with Gasteiger partial charge in [0.25, 0.3) is 0 Å². The van der Waals surface area contributed by atoms with E-state index in [1.54, 1.807) is 6.92 Å². The quantitative estimate of drug-likeness (QED) is 0.672. The molecule has 1 saturated heterocycles. The predicted octanol–water partition coefficient (Wildman–Crippen LogP) is 1.79. The van der Waals surface area contributed by atoms with Gasteiger partial charge in [0.15, 0.2) is 0 Å². The number of piperidine rings is 1. The number of rotatable bonds is 2. The molecule has 2 unspecified atom stereocenters. The molecule has 0 aromatic carbocycles. The van der Waals surface area contributed by atoms with Crippen LogP contribution >= 0.6 is 0 Å². The lowest BCUT2D eigenvalue weighted by atomic mass is 9.85. The number of nitriles is 1. The van der Waals surface area contributed by atoms with Crippen molar-refractivity contribution in [1.29, 1.82) is 5.26 Å². The van der Waals surface area contributed by atoms with E-state index in [2.05, 4.69) is 6.07 Å². The third-order valence-corrected chi connectivity index (χ3v) is 3.08. The second-order valence-electron chi connectivity index (χ2n) is 4.01. The molecule has 78 valence electrons. The lowest BCUT2D eigenvalue weighted by Gasteiger charge is -2.33. The highest BCUT2D eigenvalue weighted by Gasteiger charge is 2.26. The van der Waals surface area contributed by atoms with Gasteiger partial charge < -0.3 is 4.90 Å². The molecule has 0 aliphatic carbocycles. The topological polar surface area (TPSA) is 44.1 Å². The highest BCUT2D eigenvalue weighted by atomic mass is 16.2. The molecule has 0 bridgehead atoms. The summed E-state index contributed by atoms with van der Waals surface area (Å²) < 4.78 is 0. The van der Waals surface area contributed by atoms with E-state index < -0.39 is 0 Å². The third-order valence-electron chi connectivity index (χ3n) is 3.08. The maximum absolute atomic E-state index is 11.2. The van der Waals surface area contributed by atoms with E-state index in [-0.39, 0.29) is 11.8 Å². The van der Waals surface area contributed by atoms with Gasteiger partial charge >= 0.3 is 0 Å². The summed E-state index contributed by atoms with van der Waals surface area (Å²) in [4.78, 5) is 13.1. The van der Waals surface area contributed by atoms with Gasteiger partial charge in [-0.15, -0.1) is 0 Å². The van der Waals surface area contributed by atoms with Gasteiger partial charge in [-0.2, -0.15) is 5.26 Å². The molecule has 0 spiro atoms. The smallest absolute Gasteiger partial charge is 0.219 e. The Bertz CT molecular complexity index is 244. The van der Waals surface area contributed by atoms with E-state index in [0.717, 1.165) is 32.4 Å². The number of nitrogens with zero attached hydrogens (tertiary/aromatic N) is 2. The summed E-state index contributed by atoms with van der Waals surface area (Å²) in [5, 5.41) is 8.95. The first-order valence-electron chi connectivity index (χ1n) is 5.34. The fourth-order valence-electron chi connectivity index (χ4n) is 2.15. The summed E-state index contributed by atoms with van der Waals surface area (Å²) in [6, 6.07) is 2.34. The Kier molecular flexibility index (Phi) is 3.94. The first-order valence-corrected chi connectivity index (χ1v) is 5.34. The largest absolute Gasteiger partial charge is 0.343 e. The molecule has 3 heteroatoms. The molecule has 0 aromatic rings. The van der Waals surface area contributed by atoms with Crippen molar-refractivity contribution < 1.29 is 4.79 Å². The Morgan fingerprint density at radius 3 is 2.93 bits per heavy atom. The number of hydrogen-bond donors (Lipinski definition) is 0. The second kappa shape index (κ2) is 4.99. The normalized spacial score (nSPS) is 24.1. The zero-order valence-corrected chi connectivity index (χ0v) is 8.99. The SMILES string of the molecule is CCC(C#N)C1CCCN(C(C)=O)C1. The summed E-state index contributed by atoms with van der Waals surface area (Å²) in [5.74, 6) is 0.655. The summed E-state index contributed by atoms with van der Waals surface area (Å²) in [5.41, 5.74) is 0. The minimum Gasteiger partial charge on any atom is -0.343 e. The van der Waals surface area contributed by atoms with Gasteiger partial charge in [0, 0.05) is 20.0 Å². The molecule has 1 heterocycles. The van der Waals surface area contributed by atoms with E-state index in [1.165, 1.54) is 0 Å². The fraction of sp³-hybridized carbons (Fsp3) is 0.818. The summed E-state index contributed by atoms with van der Waals surface area (Å²) in [6.07, 6.45) is 3.03. The van der Waals surface area contributed by atoms with Crippen LogP contribution in [0.25, 0.3) is 0 Å². The summed E-state index contributed by atoms with van der Waals surface area (Å²) in [7, 11) is 0. The van der Waals surface area contributed by atoms with Crippen LogP contribution in [0.1, 0.15) is 33.1 Å². The van der Waals surface area contributed by atoms with Gasteiger partial charge in [-0.3, -0.25) is 4.79 Å². The van der Waals surface area contributed by atoms with Crippen LogP contribution in [0.3, 0.4) is 0 Å². The highest BCUT2D eigenvalue weighted by Crippen LogP contribution is 2.25. The van der Waals surface area contributed by atoms with Crippen molar-refractivity contribution in [3.63, 3.8) is 0 Å². The van der Waals surface area contributed by atoms with Gasteiger partial charge in [0.2, 0.25) is 5.91 Å². The van der Waals surface area contributed by atoms with Crippen LogP contribution in [0.4, 0.5) is 0 Å². The maximum Gasteiger partial charge on any atom is 0.219 e. The van der Waals surface area contributed by atoms with Crippen molar-refractivity contribution in [2.24, 2.45) is 11.8 Å². The zero-order valence-electron chi connectivity index (χ0n) is 8.99. The fourth-order valence-corrected chi connectivity index (χ4v) is 2.15. The predicted molar refractivity (Wildman–Crippen MR) is 54.4 cm³/mol. The monoisotopic (exact) mass is 194 g/mol. The molecule has 2 atom stereocenters. The van der Waals surface area contributed by atoms with Crippen molar-refractivity contribution in [3.05, 3.63) is 0 Å².